The Morgan fingerprint density at radius 3 is 2.42 bits per heavy atom. The van der Waals surface area contributed by atoms with Gasteiger partial charge in [0.05, 0.1) is 14.2 Å². The van der Waals surface area contributed by atoms with Crippen LogP contribution in [-0.2, 0) is 10.0 Å². The average Bonchev–Trinajstić information content (AvgIpc) is 3.27. The minimum atomic E-state index is -3.96. The number of rotatable bonds is 9. The van der Waals surface area contributed by atoms with Gasteiger partial charge in [0.2, 0.25) is 9.47 Å². The molecule has 1 aromatic heterocycles. The van der Waals surface area contributed by atoms with E-state index >= 15 is 0 Å². The second kappa shape index (κ2) is 9.86. The highest BCUT2D eigenvalue weighted by Gasteiger charge is 2.25. The molecule has 3 aromatic rings. The van der Waals surface area contributed by atoms with Crippen molar-refractivity contribution in [3.63, 3.8) is 0 Å². The fraction of sp³-hybridized carbons (Fsp3) is 0.250. The van der Waals surface area contributed by atoms with E-state index < -0.39 is 22.0 Å². The molecular weight excluding hydrogens is 440 g/mol. The number of ether oxygens (including phenoxy) is 2. The van der Waals surface area contributed by atoms with Crippen LogP contribution < -0.4 is 19.5 Å². The fourth-order valence-corrected chi connectivity index (χ4v) is 5.04. The molecule has 0 aliphatic rings. The standard InChI is InChI=1S/C20H22N4O5S2/c1-4-15(14-10-11-16(28-2)17(12-14)29-3)24-31(26,27)20-23-22-19(30-20)21-18(25)13-8-6-5-7-9-13/h5-12,15,24H,4H2,1-3H3,(H,21,22,25). The average molecular weight is 463 g/mol. The molecule has 0 saturated heterocycles. The topological polar surface area (TPSA) is 120 Å². The van der Waals surface area contributed by atoms with Crippen LogP contribution in [0.15, 0.2) is 52.9 Å². The molecule has 31 heavy (non-hydrogen) atoms. The van der Waals surface area contributed by atoms with Gasteiger partial charge in [0.15, 0.2) is 11.5 Å². The zero-order valence-electron chi connectivity index (χ0n) is 17.2. The molecule has 9 nitrogen and oxygen atoms in total. The van der Waals surface area contributed by atoms with Crippen LogP contribution in [0.5, 0.6) is 11.5 Å². The minimum Gasteiger partial charge on any atom is -0.493 e. The first kappa shape index (κ1) is 22.7. The van der Waals surface area contributed by atoms with Crippen molar-refractivity contribution < 1.29 is 22.7 Å². The summed E-state index contributed by atoms with van der Waals surface area (Å²) in [5, 5.41) is 10.2. The van der Waals surface area contributed by atoms with E-state index in [1.165, 1.54) is 14.2 Å². The Hall–Kier alpha value is -3.02. The molecule has 0 aliphatic heterocycles. The third-order valence-electron chi connectivity index (χ3n) is 4.41. The zero-order chi connectivity index (χ0) is 22.4. The highest BCUT2D eigenvalue weighted by atomic mass is 32.2. The predicted molar refractivity (Wildman–Crippen MR) is 117 cm³/mol. The number of aromatic nitrogens is 2. The van der Waals surface area contributed by atoms with E-state index in [2.05, 4.69) is 20.2 Å². The summed E-state index contributed by atoms with van der Waals surface area (Å²) in [4.78, 5) is 12.2. The summed E-state index contributed by atoms with van der Waals surface area (Å²) in [5.74, 6) is 0.650. The Morgan fingerprint density at radius 1 is 1.06 bits per heavy atom. The Morgan fingerprint density at radius 2 is 1.77 bits per heavy atom. The SMILES string of the molecule is CCC(NS(=O)(=O)c1nnc(NC(=O)c2ccccc2)s1)c1ccc(OC)c(OC)c1. The van der Waals surface area contributed by atoms with Gasteiger partial charge in [-0.15, -0.1) is 10.2 Å². The van der Waals surface area contributed by atoms with Crippen molar-refractivity contribution in [3.8, 4) is 11.5 Å². The number of methoxy groups -OCH3 is 2. The maximum absolute atomic E-state index is 12.8. The molecule has 11 heteroatoms. The molecule has 0 fully saturated rings. The molecule has 1 unspecified atom stereocenters. The van der Waals surface area contributed by atoms with Crippen LogP contribution in [0.25, 0.3) is 0 Å². The van der Waals surface area contributed by atoms with E-state index in [1.807, 2.05) is 6.92 Å². The smallest absolute Gasteiger partial charge is 0.270 e. The molecule has 0 radical (unpaired) electrons. The lowest BCUT2D eigenvalue weighted by Crippen LogP contribution is -2.28. The van der Waals surface area contributed by atoms with Crippen molar-refractivity contribution in [2.24, 2.45) is 0 Å². The molecule has 1 heterocycles. The van der Waals surface area contributed by atoms with Gasteiger partial charge in [-0.25, -0.2) is 13.1 Å². The molecule has 164 valence electrons. The quantitative estimate of drug-likeness (QED) is 0.469. The molecule has 0 bridgehead atoms. The number of carbonyl (C=O) groups is 1. The van der Waals surface area contributed by atoms with Crippen LogP contribution in [0.4, 0.5) is 5.13 Å². The summed E-state index contributed by atoms with van der Waals surface area (Å²) in [6.45, 7) is 1.86. The second-order valence-electron chi connectivity index (χ2n) is 6.39. The Labute approximate surface area is 184 Å². The van der Waals surface area contributed by atoms with Crippen molar-refractivity contribution in [3.05, 3.63) is 59.7 Å². The lowest BCUT2D eigenvalue weighted by atomic mass is 10.1. The maximum Gasteiger partial charge on any atom is 0.270 e. The summed E-state index contributed by atoms with van der Waals surface area (Å²) >= 11 is 0.775. The van der Waals surface area contributed by atoms with E-state index in [9.17, 15) is 13.2 Å². The van der Waals surface area contributed by atoms with Gasteiger partial charge in [0, 0.05) is 11.6 Å². The van der Waals surface area contributed by atoms with Gasteiger partial charge in [0.1, 0.15) is 0 Å². The first-order chi connectivity index (χ1) is 14.9. The van der Waals surface area contributed by atoms with Gasteiger partial charge in [-0.2, -0.15) is 0 Å². The molecule has 2 aromatic carbocycles. The lowest BCUT2D eigenvalue weighted by molar-refractivity contribution is 0.102. The minimum absolute atomic E-state index is 0.0911. The van der Waals surface area contributed by atoms with Crippen LogP contribution in [0.2, 0.25) is 0 Å². The van der Waals surface area contributed by atoms with Crippen molar-refractivity contribution in [2.45, 2.75) is 23.7 Å². The van der Waals surface area contributed by atoms with Gasteiger partial charge in [-0.3, -0.25) is 10.1 Å². The molecule has 1 amide bonds. The van der Waals surface area contributed by atoms with Crippen molar-refractivity contribution in [1.29, 1.82) is 0 Å². The third-order valence-corrected chi connectivity index (χ3v) is 7.09. The first-order valence-corrected chi connectivity index (χ1v) is 11.6. The number of sulfonamides is 1. The molecule has 0 saturated carbocycles. The van der Waals surface area contributed by atoms with Crippen LogP contribution in [0.3, 0.4) is 0 Å². The van der Waals surface area contributed by atoms with Gasteiger partial charge >= 0.3 is 0 Å². The molecule has 2 N–H and O–H groups in total. The number of anilines is 1. The number of hydrogen-bond acceptors (Lipinski definition) is 8. The summed E-state index contributed by atoms with van der Waals surface area (Å²) in [7, 11) is -0.921. The summed E-state index contributed by atoms with van der Waals surface area (Å²) in [6.07, 6.45) is 0.491. The lowest BCUT2D eigenvalue weighted by Gasteiger charge is -2.18. The number of hydrogen-bond donors (Lipinski definition) is 2. The normalized spacial score (nSPS) is 12.2. The maximum atomic E-state index is 12.8. The molecule has 1 atom stereocenters. The molecule has 0 aliphatic carbocycles. The number of benzene rings is 2. The summed E-state index contributed by atoms with van der Waals surface area (Å²) in [5.41, 5.74) is 1.14. The summed E-state index contributed by atoms with van der Waals surface area (Å²) < 4.78 is 38.6. The van der Waals surface area contributed by atoms with Crippen molar-refractivity contribution in [2.75, 3.05) is 19.5 Å². The third kappa shape index (κ3) is 5.37. The van der Waals surface area contributed by atoms with Crippen LogP contribution in [0.1, 0.15) is 35.3 Å². The Balaban J connectivity index is 1.76. The van der Waals surface area contributed by atoms with Gasteiger partial charge in [-0.05, 0) is 36.2 Å². The van der Waals surface area contributed by atoms with Gasteiger partial charge in [0.25, 0.3) is 15.9 Å². The second-order valence-corrected chi connectivity index (χ2v) is 9.26. The molecule has 0 spiro atoms. The van der Waals surface area contributed by atoms with Gasteiger partial charge < -0.3 is 9.47 Å². The number of amides is 1. The van der Waals surface area contributed by atoms with Crippen LogP contribution in [0, 0.1) is 0 Å². The van der Waals surface area contributed by atoms with Crippen molar-refractivity contribution in [1.82, 2.24) is 14.9 Å². The highest BCUT2D eigenvalue weighted by molar-refractivity contribution is 7.91. The fourth-order valence-electron chi connectivity index (χ4n) is 2.82. The Bertz CT molecular complexity index is 1150. The predicted octanol–water partition coefficient (Wildman–Crippen LogP) is 3.24. The molecular formula is C20H22N4O5S2. The van der Waals surface area contributed by atoms with E-state index in [0.29, 0.717) is 29.0 Å². The number of carbonyl (C=O) groups excluding carboxylic acids is 1. The van der Waals surface area contributed by atoms with Crippen molar-refractivity contribution >= 4 is 32.4 Å². The molecule has 3 rings (SSSR count). The number of nitrogens with one attached hydrogen (secondary N) is 2. The highest BCUT2D eigenvalue weighted by Crippen LogP contribution is 2.32. The van der Waals surface area contributed by atoms with Crippen LogP contribution in [-0.4, -0.2) is 38.7 Å². The monoisotopic (exact) mass is 462 g/mol. The largest absolute Gasteiger partial charge is 0.493 e. The van der Waals surface area contributed by atoms with E-state index in [0.717, 1.165) is 11.3 Å². The first-order valence-electron chi connectivity index (χ1n) is 9.32. The van der Waals surface area contributed by atoms with E-state index in [-0.39, 0.29) is 9.47 Å². The zero-order valence-corrected chi connectivity index (χ0v) is 18.8. The van der Waals surface area contributed by atoms with E-state index in [4.69, 9.17) is 9.47 Å². The van der Waals surface area contributed by atoms with Gasteiger partial charge in [-0.1, -0.05) is 42.5 Å². The van der Waals surface area contributed by atoms with E-state index in [1.54, 1.807) is 48.5 Å². The van der Waals surface area contributed by atoms with Crippen LogP contribution >= 0.6 is 11.3 Å². The Kier molecular flexibility index (Phi) is 7.21. The summed E-state index contributed by atoms with van der Waals surface area (Å²) in [6, 6.07) is 13.2. The number of nitrogens with zero attached hydrogens (tertiary/aromatic N) is 2.